The van der Waals surface area contributed by atoms with E-state index in [1.165, 1.54) is 29.0 Å². The van der Waals surface area contributed by atoms with Gasteiger partial charge in [0.1, 0.15) is 11.5 Å². The van der Waals surface area contributed by atoms with Gasteiger partial charge in [0.15, 0.2) is 0 Å². The number of amides is 3. The highest BCUT2D eigenvalue weighted by Gasteiger charge is 2.34. The average Bonchev–Trinajstić information content (AvgIpc) is 3.22. The molecule has 9 heteroatoms. The minimum absolute atomic E-state index is 0.0388. The lowest BCUT2D eigenvalue weighted by molar-refractivity contribution is -0.123. The van der Waals surface area contributed by atoms with Gasteiger partial charge in [-0.2, -0.15) is 0 Å². The monoisotopic (exact) mass is 454 g/mol. The first-order valence-electron chi connectivity index (χ1n) is 10.1. The number of aromatic nitrogens is 2. The lowest BCUT2D eigenvalue weighted by Gasteiger charge is -2.12. The highest BCUT2D eigenvalue weighted by Crippen LogP contribution is 2.20. The fraction of sp³-hybridized carbons (Fsp3) is 0.174. The van der Waals surface area contributed by atoms with Crippen LogP contribution in [0.3, 0.4) is 0 Å². The van der Waals surface area contributed by atoms with Crippen molar-refractivity contribution in [3.05, 3.63) is 92.2 Å². The molecule has 0 atom stereocenters. The van der Waals surface area contributed by atoms with E-state index in [1.807, 2.05) is 6.92 Å². The maximum absolute atomic E-state index is 14.0. The Balaban J connectivity index is 1.69. The van der Waals surface area contributed by atoms with Crippen molar-refractivity contribution in [3.8, 4) is 5.69 Å². The number of hydrogen-bond acceptors (Lipinski definition) is 3. The van der Waals surface area contributed by atoms with Gasteiger partial charge in [0, 0.05) is 16.3 Å². The Morgan fingerprint density at radius 3 is 2.47 bits per heavy atom. The number of aryl methyl sites for hydroxylation is 1. The van der Waals surface area contributed by atoms with Crippen LogP contribution >= 0.6 is 11.6 Å². The summed E-state index contributed by atoms with van der Waals surface area (Å²) >= 11 is 5.94. The number of carbonyl (C=O) groups excluding carboxylic acids is 2. The number of hydrogen-bond donors (Lipinski definition) is 2. The van der Waals surface area contributed by atoms with Crippen LogP contribution in [0.2, 0.25) is 5.02 Å². The molecule has 4 rings (SSSR count). The normalized spacial score (nSPS) is 15.0. The quantitative estimate of drug-likeness (QED) is 0.436. The summed E-state index contributed by atoms with van der Waals surface area (Å²) in [4.78, 5) is 39.3. The number of aromatic amines is 1. The van der Waals surface area contributed by atoms with Crippen molar-refractivity contribution < 1.29 is 14.0 Å². The van der Waals surface area contributed by atoms with Gasteiger partial charge in [0.25, 0.3) is 11.5 Å². The molecule has 2 heterocycles. The van der Waals surface area contributed by atoms with Crippen molar-refractivity contribution in [2.24, 2.45) is 0 Å². The Kier molecular flexibility index (Phi) is 5.96. The minimum atomic E-state index is -0.671. The van der Waals surface area contributed by atoms with E-state index in [1.54, 1.807) is 30.3 Å². The molecular weight excluding hydrogens is 435 g/mol. The third kappa shape index (κ3) is 4.09. The molecule has 2 N–H and O–H groups in total. The Morgan fingerprint density at radius 1 is 1.06 bits per heavy atom. The number of carbonyl (C=O) groups is 2. The molecule has 32 heavy (non-hydrogen) atoms. The number of imide groups is 1. The Labute approximate surface area is 188 Å². The van der Waals surface area contributed by atoms with E-state index in [2.05, 4.69) is 10.4 Å². The summed E-state index contributed by atoms with van der Waals surface area (Å²) in [5.74, 6) is -1.13. The Bertz CT molecular complexity index is 1280. The van der Waals surface area contributed by atoms with Crippen molar-refractivity contribution in [3.63, 3.8) is 0 Å². The number of rotatable bonds is 6. The highest BCUT2D eigenvalue weighted by atomic mass is 35.5. The molecule has 3 aromatic rings. The van der Waals surface area contributed by atoms with Crippen LogP contribution in [0.15, 0.2) is 59.0 Å². The van der Waals surface area contributed by atoms with Gasteiger partial charge < -0.3 is 5.32 Å². The van der Waals surface area contributed by atoms with Crippen molar-refractivity contribution in [1.29, 1.82) is 0 Å². The Hall–Kier alpha value is -3.65. The summed E-state index contributed by atoms with van der Waals surface area (Å²) in [5.41, 5.74) is 1.31. The van der Waals surface area contributed by atoms with Crippen LogP contribution < -0.4 is 10.9 Å². The van der Waals surface area contributed by atoms with Gasteiger partial charge in [-0.15, -0.1) is 0 Å². The van der Waals surface area contributed by atoms with E-state index < -0.39 is 17.8 Å². The smallest absolute Gasteiger partial charge is 0.303 e. The van der Waals surface area contributed by atoms with E-state index in [9.17, 15) is 18.8 Å². The van der Waals surface area contributed by atoms with Crippen molar-refractivity contribution in [2.45, 2.75) is 26.3 Å². The number of benzene rings is 2. The highest BCUT2D eigenvalue weighted by molar-refractivity contribution is 6.30. The number of urea groups is 1. The summed E-state index contributed by atoms with van der Waals surface area (Å²) in [5, 5.41) is 6.11. The number of halogens is 2. The second-order valence-electron chi connectivity index (χ2n) is 7.34. The first kappa shape index (κ1) is 21.6. The molecule has 1 aliphatic rings. The predicted octanol–water partition coefficient (Wildman–Crippen LogP) is 4.00. The van der Waals surface area contributed by atoms with Crippen molar-refractivity contribution >= 4 is 29.6 Å². The molecule has 1 aliphatic heterocycles. The topological polar surface area (TPSA) is 87.2 Å². The second-order valence-corrected chi connectivity index (χ2v) is 7.78. The summed E-state index contributed by atoms with van der Waals surface area (Å²) in [6.07, 6.45) is 2.70. The van der Waals surface area contributed by atoms with Crippen LogP contribution in [0.25, 0.3) is 11.8 Å². The van der Waals surface area contributed by atoms with Crippen LogP contribution in [-0.2, 0) is 17.8 Å². The maximum atomic E-state index is 14.0. The summed E-state index contributed by atoms with van der Waals surface area (Å²) in [6.45, 7) is 1.76. The lowest BCUT2D eigenvalue weighted by Crippen LogP contribution is -2.30. The zero-order chi connectivity index (χ0) is 22.8. The average molecular weight is 455 g/mol. The standard InChI is InChI=1S/C23H20ClFN4O3/c1-2-5-19-17(21(30)29(27-19)16-10-8-15(24)9-11-16)12-20-22(31)28(23(32)26-20)13-14-6-3-4-7-18(14)25/h3-4,6-12,27H,2,5,13H2,1H3,(H,26,32)/b20-12-. The molecule has 0 radical (unpaired) electrons. The molecule has 0 spiro atoms. The van der Waals surface area contributed by atoms with Crippen LogP contribution in [0.5, 0.6) is 0 Å². The number of nitrogens with one attached hydrogen (secondary N) is 2. The predicted molar refractivity (Wildman–Crippen MR) is 119 cm³/mol. The first-order valence-corrected chi connectivity index (χ1v) is 10.4. The zero-order valence-corrected chi connectivity index (χ0v) is 17.9. The van der Waals surface area contributed by atoms with Gasteiger partial charge >= 0.3 is 6.03 Å². The summed E-state index contributed by atoms with van der Waals surface area (Å²) in [7, 11) is 0. The zero-order valence-electron chi connectivity index (χ0n) is 17.2. The first-order chi connectivity index (χ1) is 15.4. The van der Waals surface area contributed by atoms with E-state index >= 15 is 0 Å². The van der Waals surface area contributed by atoms with E-state index in [-0.39, 0.29) is 28.9 Å². The molecule has 2 aromatic carbocycles. The maximum Gasteiger partial charge on any atom is 0.329 e. The third-order valence-corrected chi connectivity index (χ3v) is 5.38. The van der Waals surface area contributed by atoms with Crippen molar-refractivity contribution in [1.82, 2.24) is 20.0 Å². The third-order valence-electron chi connectivity index (χ3n) is 5.13. The Morgan fingerprint density at radius 2 is 1.78 bits per heavy atom. The molecule has 0 bridgehead atoms. The van der Waals surface area contributed by atoms with E-state index in [4.69, 9.17) is 11.6 Å². The molecule has 0 saturated carbocycles. The fourth-order valence-electron chi connectivity index (χ4n) is 3.51. The molecule has 1 fully saturated rings. The van der Waals surface area contributed by atoms with E-state index in [0.29, 0.717) is 22.8 Å². The largest absolute Gasteiger partial charge is 0.329 e. The molecule has 0 aliphatic carbocycles. The van der Waals surface area contributed by atoms with Gasteiger partial charge in [-0.3, -0.25) is 19.6 Å². The fourth-order valence-corrected chi connectivity index (χ4v) is 3.64. The molecular formula is C23H20ClFN4O3. The minimum Gasteiger partial charge on any atom is -0.303 e. The van der Waals surface area contributed by atoms with Crippen LogP contribution in [-0.4, -0.2) is 26.6 Å². The van der Waals surface area contributed by atoms with Crippen LogP contribution in [0.4, 0.5) is 9.18 Å². The van der Waals surface area contributed by atoms with Crippen LogP contribution in [0.1, 0.15) is 30.2 Å². The molecule has 164 valence electrons. The summed E-state index contributed by atoms with van der Waals surface area (Å²) in [6, 6.07) is 12.0. The number of H-pyrrole nitrogens is 1. The second kappa shape index (κ2) is 8.84. The lowest BCUT2D eigenvalue weighted by atomic mass is 10.1. The van der Waals surface area contributed by atoms with Gasteiger partial charge in [-0.25, -0.2) is 13.9 Å². The van der Waals surface area contributed by atoms with Gasteiger partial charge in [-0.1, -0.05) is 43.1 Å². The molecule has 3 amide bonds. The van der Waals surface area contributed by atoms with E-state index in [0.717, 1.165) is 11.3 Å². The molecule has 7 nitrogen and oxygen atoms in total. The van der Waals surface area contributed by atoms with Gasteiger partial charge in [0.2, 0.25) is 0 Å². The SMILES string of the molecule is CCCc1[nH]n(-c2ccc(Cl)cc2)c(=O)c1/C=C1\NC(=O)N(Cc2ccccc2F)C1=O. The summed E-state index contributed by atoms with van der Waals surface area (Å²) < 4.78 is 15.3. The van der Waals surface area contributed by atoms with Crippen molar-refractivity contribution in [2.75, 3.05) is 0 Å². The molecule has 1 saturated heterocycles. The number of nitrogens with zero attached hydrogens (tertiary/aromatic N) is 2. The van der Waals surface area contributed by atoms with Gasteiger partial charge in [-0.05, 0) is 42.8 Å². The molecule has 1 aromatic heterocycles. The van der Waals surface area contributed by atoms with Gasteiger partial charge in [0.05, 0.1) is 17.8 Å². The van der Waals surface area contributed by atoms with Crippen LogP contribution in [0, 0.1) is 5.82 Å². The molecule has 0 unspecified atom stereocenters.